The molecule has 2 atom stereocenters. The van der Waals surface area contributed by atoms with Gasteiger partial charge in [-0.1, -0.05) is 0 Å². The van der Waals surface area contributed by atoms with Crippen LogP contribution in [0.2, 0.25) is 0 Å². The maximum Gasteiger partial charge on any atom is 0.427 e. The first-order valence-electron chi connectivity index (χ1n) is 5.28. The summed E-state index contributed by atoms with van der Waals surface area (Å²) >= 11 is 0. The summed E-state index contributed by atoms with van der Waals surface area (Å²) in [5.41, 5.74) is 3.60. The van der Waals surface area contributed by atoms with Gasteiger partial charge in [0.2, 0.25) is 0 Å². The fourth-order valence-electron chi connectivity index (χ4n) is 2.44. The minimum atomic E-state index is -0.442. The van der Waals surface area contributed by atoms with E-state index in [1.54, 1.807) is 6.92 Å². The molecule has 0 saturated heterocycles. The molecule has 1 amide bonds. The smallest absolute Gasteiger partial charge is 0.427 e. The maximum absolute atomic E-state index is 11.0. The van der Waals surface area contributed by atoms with E-state index in [0.29, 0.717) is 12.5 Å². The van der Waals surface area contributed by atoms with Crippen LogP contribution in [-0.4, -0.2) is 18.4 Å². The molecule has 0 spiro atoms. The molecule has 0 aromatic carbocycles. The Kier molecular flexibility index (Phi) is 2.70. The first-order chi connectivity index (χ1) is 6.79. The van der Waals surface area contributed by atoms with Crippen molar-refractivity contribution in [2.75, 3.05) is 6.61 Å². The van der Waals surface area contributed by atoms with Gasteiger partial charge in [0.05, 0.1) is 6.61 Å². The monoisotopic (exact) mass is 196 g/mol. The van der Waals surface area contributed by atoms with Crippen molar-refractivity contribution in [3.63, 3.8) is 0 Å². The number of fused-ring (bicyclic) bond motifs is 2. The van der Waals surface area contributed by atoms with E-state index < -0.39 is 6.09 Å². The van der Waals surface area contributed by atoms with E-state index in [9.17, 15) is 4.79 Å². The van der Waals surface area contributed by atoms with Gasteiger partial charge in [-0.25, -0.2) is 10.2 Å². The topological polar surface area (TPSA) is 50.7 Å². The zero-order valence-corrected chi connectivity index (χ0v) is 8.45. The van der Waals surface area contributed by atoms with Crippen molar-refractivity contribution in [2.45, 2.75) is 32.6 Å². The van der Waals surface area contributed by atoms with E-state index in [0.717, 1.165) is 18.1 Å². The second-order valence-electron chi connectivity index (χ2n) is 4.02. The second kappa shape index (κ2) is 3.98. The molecule has 2 rings (SSSR count). The largest absolute Gasteiger partial charge is 0.449 e. The standard InChI is InChI=1S/C10H16N2O2/c1-2-14-10(13)12-11-9-6-7-3-4-8(9)5-7/h7-8H,2-6H2,1H3,(H,12,13)/b11-9-. The van der Waals surface area contributed by atoms with Gasteiger partial charge in [0.1, 0.15) is 0 Å². The SMILES string of the molecule is CCOC(=O)N/N=C1/CC2CCC1C2. The summed E-state index contributed by atoms with van der Waals surface area (Å²) < 4.78 is 4.72. The van der Waals surface area contributed by atoms with Gasteiger partial charge in [0.25, 0.3) is 0 Å². The third kappa shape index (κ3) is 1.89. The van der Waals surface area contributed by atoms with E-state index in [2.05, 4.69) is 10.5 Å². The van der Waals surface area contributed by atoms with Crippen molar-refractivity contribution >= 4 is 11.8 Å². The van der Waals surface area contributed by atoms with Crippen LogP contribution in [0, 0.1) is 11.8 Å². The minimum absolute atomic E-state index is 0.392. The second-order valence-corrected chi connectivity index (χ2v) is 4.02. The number of amides is 1. The molecule has 14 heavy (non-hydrogen) atoms. The van der Waals surface area contributed by atoms with Crippen molar-refractivity contribution in [2.24, 2.45) is 16.9 Å². The lowest BCUT2D eigenvalue weighted by molar-refractivity contribution is 0.152. The molecule has 2 aliphatic carbocycles. The zero-order valence-electron chi connectivity index (χ0n) is 8.45. The van der Waals surface area contributed by atoms with Crippen molar-refractivity contribution in [1.82, 2.24) is 5.43 Å². The number of nitrogens with one attached hydrogen (secondary N) is 1. The van der Waals surface area contributed by atoms with Gasteiger partial charge < -0.3 is 4.74 Å². The van der Waals surface area contributed by atoms with Crippen LogP contribution in [0.15, 0.2) is 5.10 Å². The molecule has 2 bridgehead atoms. The molecule has 78 valence electrons. The Balaban J connectivity index is 1.84. The zero-order chi connectivity index (χ0) is 9.97. The van der Waals surface area contributed by atoms with Gasteiger partial charge in [-0.15, -0.1) is 0 Å². The van der Waals surface area contributed by atoms with Crippen LogP contribution in [0.25, 0.3) is 0 Å². The number of ether oxygens (including phenoxy) is 1. The maximum atomic E-state index is 11.0. The Bertz CT molecular complexity index is 263. The number of nitrogens with zero attached hydrogens (tertiary/aromatic N) is 1. The molecular formula is C10H16N2O2. The molecule has 0 aromatic rings. The summed E-state index contributed by atoms with van der Waals surface area (Å²) in [4.78, 5) is 11.0. The normalized spacial score (nSPS) is 32.2. The highest BCUT2D eigenvalue weighted by Gasteiger charge is 2.36. The Labute approximate surface area is 83.7 Å². The third-order valence-corrected chi connectivity index (χ3v) is 3.08. The van der Waals surface area contributed by atoms with Gasteiger partial charge in [-0.05, 0) is 44.4 Å². The highest BCUT2D eigenvalue weighted by Crippen LogP contribution is 2.42. The average molecular weight is 196 g/mol. The molecule has 2 fully saturated rings. The van der Waals surface area contributed by atoms with Crippen LogP contribution in [0.4, 0.5) is 4.79 Å². The number of hydrogen-bond donors (Lipinski definition) is 1. The molecule has 1 N–H and O–H groups in total. The molecule has 0 radical (unpaired) electrons. The van der Waals surface area contributed by atoms with E-state index in [1.807, 2.05) is 0 Å². The number of rotatable bonds is 2. The molecule has 0 aromatic heterocycles. The molecule has 4 nitrogen and oxygen atoms in total. The molecular weight excluding hydrogens is 180 g/mol. The molecule has 4 heteroatoms. The fourth-order valence-corrected chi connectivity index (χ4v) is 2.44. The predicted molar refractivity (Wildman–Crippen MR) is 53.0 cm³/mol. The van der Waals surface area contributed by atoms with Crippen molar-refractivity contribution < 1.29 is 9.53 Å². The number of carbonyl (C=O) groups is 1. The summed E-state index contributed by atoms with van der Waals surface area (Å²) in [6.45, 7) is 2.17. The van der Waals surface area contributed by atoms with E-state index in [-0.39, 0.29) is 0 Å². The summed E-state index contributed by atoms with van der Waals surface area (Å²) in [6, 6.07) is 0. The van der Waals surface area contributed by atoms with Crippen LogP contribution in [0.5, 0.6) is 0 Å². The summed E-state index contributed by atoms with van der Waals surface area (Å²) in [5.74, 6) is 1.45. The van der Waals surface area contributed by atoms with Crippen LogP contribution < -0.4 is 5.43 Å². The van der Waals surface area contributed by atoms with Gasteiger partial charge in [0.15, 0.2) is 0 Å². The molecule has 2 unspecified atom stereocenters. The third-order valence-electron chi connectivity index (χ3n) is 3.08. The Morgan fingerprint density at radius 3 is 3.07 bits per heavy atom. The van der Waals surface area contributed by atoms with E-state index in [1.165, 1.54) is 19.3 Å². The minimum Gasteiger partial charge on any atom is -0.449 e. The summed E-state index contributed by atoms with van der Waals surface area (Å²) in [5, 5.41) is 4.12. The number of hydrazone groups is 1. The van der Waals surface area contributed by atoms with Crippen LogP contribution in [0.3, 0.4) is 0 Å². The van der Waals surface area contributed by atoms with Gasteiger partial charge in [-0.3, -0.25) is 0 Å². The molecule has 0 aliphatic heterocycles. The lowest BCUT2D eigenvalue weighted by Crippen LogP contribution is -2.22. The average Bonchev–Trinajstić information content (AvgIpc) is 2.76. The summed E-state index contributed by atoms with van der Waals surface area (Å²) in [6.07, 6.45) is 4.47. The fraction of sp³-hybridized carbons (Fsp3) is 0.800. The first kappa shape index (κ1) is 9.49. The molecule has 0 heterocycles. The van der Waals surface area contributed by atoms with E-state index >= 15 is 0 Å². The number of carbonyl (C=O) groups excluding carboxylic acids is 1. The Morgan fingerprint density at radius 2 is 2.50 bits per heavy atom. The lowest BCUT2D eigenvalue weighted by Gasteiger charge is -2.11. The Hall–Kier alpha value is -1.06. The Morgan fingerprint density at radius 1 is 1.64 bits per heavy atom. The van der Waals surface area contributed by atoms with Gasteiger partial charge in [-0.2, -0.15) is 5.10 Å². The molecule has 2 saturated carbocycles. The van der Waals surface area contributed by atoms with Crippen molar-refractivity contribution in [1.29, 1.82) is 0 Å². The lowest BCUT2D eigenvalue weighted by atomic mass is 9.99. The summed E-state index contributed by atoms with van der Waals surface area (Å²) in [7, 11) is 0. The van der Waals surface area contributed by atoms with E-state index in [4.69, 9.17) is 4.74 Å². The highest BCUT2D eigenvalue weighted by molar-refractivity contribution is 5.90. The first-order valence-corrected chi connectivity index (χ1v) is 5.28. The number of hydrogen-bond acceptors (Lipinski definition) is 3. The predicted octanol–water partition coefficient (Wildman–Crippen LogP) is 1.91. The van der Waals surface area contributed by atoms with Crippen molar-refractivity contribution in [3.8, 4) is 0 Å². The van der Waals surface area contributed by atoms with Crippen LogP contribution in [0.1, 0.15) is 32.6 Å². The van der Waals surface area contributed by atoms with Gasteiger partial charge in [0, 0.05) is 5.71 Å². The molecule has 2 aliphatic rings. The quantitative estimate of drug-likeness (QED) is 0.686. The highest BCUT2D eigenvalue weighted by atomic mass is 16.5. The van der Waals surface area contributed by atoms with Crippen molar-refractivity contribution in [3.05, 3.63) is 0 Å². The van der Waals surface area contributed by atoms with Crippen LogP contribution in [-0.2, 0) is 4.74 Å². The van der Waals surface area contributed by atoms with Crippen LogP contribution >= 0.6 is 0 Å². The van der Waals surface area contributed by atoms with Gasteiger partial charge >= 0.3 is 6.09 Å².